The molecule has 7 heteroatoms. The maximum Gasteiger partial charge on any atom is 0.429 e. The molecule has 0 unspecified atom stereocenters. The van der Waals surface area contributed by atoms with E-state index in [-0.39, 0.29) is 5.96 Å². The fourth-order valence-electron chi connectivity index (χ4n) is 0.355. The van der Waals surface area contributed by atoms with Gasteiger partial charge >= 0.3 is 7.75 Å². The van der Waals surface area contributed by atoms with Crippen molar-refractivity contribution < 1.29 is 14.4 Å². The topological polar surface area (TPSA) is 108 Å². The van der Waals surface area contributed by atoms with Gasteiger partial charge in [-0.25, -0.2) is 4.57 Å². The molecule has 0 spiro atoms. The third-order valence-electron chi connectivity index (χ3n) is 0.589. The molecule has 0 aliphatic carbocycles. The highest BCUT2D eigenvalue weighted by Crippen LogP contribution is 2.27. The molecular formula is C3H10N3O3P. The lowest BCUT2D eigenvalue weighted by molar-refractivity contribution is 0.367. The van der Waals surface area contributed by atoms with Gasteiger partial charge in [0, 0.05) is 6.54 Å². The van der Waals surface area contributed by atoms with E-state index in [4.69, 9.17) is 15.5 Å². The van der Waals surface area contributed by atoms with Gasteiger partial charge in [0.15, 0.2) is 5.96 Å². The molecule has 60 valence electrons. The minimum Gasteiger partial charge on any atom is -0.370 e. The first-order valence-corrected chi connectivity index (χ1v) is 4.20. The number of guanidine groups is 1. The molecule has 0 aromatic carbocycles. The third kappa shape index (κ3) is 5.55. The summed E-state index contributed by atoms with van der Waals surface area (Å²) in [6, 6.07) is 0. The molecule has 0 fully saturated rings. The maximum absolute atomic E-state index is 10.1. The normalized spacial score (nSPS) is 13.3. The van der Waals surface area contributed by atoms with E-state index in [1.165, 1.54) is 0 Å². The SMILES string of the molecule is CCN=C(N)NP(=O)(O)O. The Labute approximate surface area is 58.4 Å². The van der Waals surface area contributed by atoms with Gasteiger partial charge in [-0.15, -0.1) is 0 Å². The number of nitrogens with one attached hydrogen (secondary N) is 1. The van der Waals surface area contributed by atoms with Gasteiger partial charge in [-0.3, -0.25) is 10.1 Å². The van der Waals surface area contributed by atoms with Crippen LogP contribution in [0.4, 0.5) is 0 Å². The lowest BCUT2D eigenvalue weighted by Crippen LogP contribution is -2.28. The molecule has 0 heterocycles. The molecular weight excluding hydrogens is 157 g/mol. The molecule has 0 radical (unpaired) electrons. The first kappa shape index (κ1) is 9.42. The van der Waals surface area contributed by atoms with E-state index in [1.54, 1.807) is 12.0 Å². The van der Waals surface area contributed by atoms with Gasteiger partial charge in [-0.05, 0) is 6.92 Å². The zero-order valence-electron chi connectivity index (χ0n) is 5.48. The third-order valence-corrected chi connectivity index (χ3v) is 1.11. The van der Waals surface area contributed by atoms with Crippen molar-refractivity contribution in [3.63, 3.8) is 0 Å². The highest BCUT2D eigenvalue weighted by Gasteiger charge is 2.11. The number of hydrogen-bond donors (Lipinski definition) is 4. The molecule has 0 bridgehead atoms. The Kier molecular flexibility index (Phi) is 3.35. The van der Waals surface area contributed by atoms with Gasteiger partial charge in [-0.2, -0.15) is 0 Å². The van der Waals surface area contributed by atoms with Crippen LogP contribution in [0.5, 0.6) is 0 Å². The summed E-state index contributed by atoms with van der Waals surface area (Å²) >= 11 is 0. The summed E-state index contributed by atoms with van der Waals surface area (Å²) < 4.78 is 10.1. The molecule has 10 heavy (non-hydrogen) atoms. The van der Waals surface area contributed by atoms with Crippen LogP contribution in [0.1, 0.15) is 6.92 Å². The number of nitrogens with zero attached hydrogens (tertiary/aromatic N) is 1. The minimum absolute atomic E-state index is 0.240. The lowest BCUT2D eigenvalue weighted by atomic mass is 10.8. The van der Waals surface area contributed by atoms with Gasteiger partial charge in [-0.1, -0.05) is 0 Å². The van der Waals surface area contributed by atoms with E-state index < -0.39 is 7.75 Å². The summed E-state index contributed by atoms with van der Waals surface area (Å²) in [6.45, 7) is 2.09. The van der Waals surface area contributed by atoms with E-state index in [1.807, 2.05) is 0 Å². The van der Waals surface area contributed by atoms with Crippen LogP contribution >= 0.6 is 7.75 Å². The van der Waals surface area contributed by atoms with Crippen LogP contribution < -0.4 is 10.8 Å². The van der Waals surface area contributed by atoms with Gasteiger partial charge < -0.3 is 15.5 Å². The minimum atomic E-state index is -4.26. The number of rotatable bonds is 2. The zero-order chi connectivity index (χ0) is 8.20. The average molecular weight is 167 g/mol. The quantitative estimate of drug-likeness (QED) is 0.240. The molecule has 0 aromatic heterocycles. The molecule has 0 aliphatic heterocycles. The number of aliphatic imine (C=N–C) groups is 1. The predicted molar refractivity (Wildman–Crippen MR) is 37.3 cm³/mol. The van der Waals surface area contributed by atoms with Crippen LogP contribution in [-0.2, 0) is 4.57 Å². The lowest BCUT2D eigenvalue weighted by Gasteiger charge is -2.04. The Morgan fingerprint density at radius 1 is 1.80 bits per heavy atom. The Bertz CT molecular complexity index is 174. The molecule has 0 aromatic rings. The summed E-state index contributed by atoms with van der Waals surface area (Å²) in [4.78, 5) is 20.0. The molecule has 0 atom stereocenters. The summed E-state index contributed by atoms with van der Waals surface area (Å²) in [7, 11) is -4.26. The molecule has 0 saturated carbocycles. The molecule has 0 saturated heterocycles. The number of nitrogens with two attached hydrogens (primary N) is 1. The second-order valence-electron chi connectivity index (χ2n) is 1.52. The van der Waals surface area contributed by atoms with Crippen molar-refractivity contribution in [2.24, 2.45) is 10.7 Å². The Morgan fingerprint density at radius 3 is 2.60 bits per heavy atom. The molecule has 5 N–H and O–H groups in total. The fraction of sp³-hybridized carbons (Fsp3) is 0.667. The van der Waals surface area contributed by atoms with Crippen LogP contribution in [-0.4, -0.2) is 22.3 Å². The Balaban J connectivity index is 3.92. The summed E-state index contributed by atoms with van der Waals surface area (Å²) in [5.74, 6) is -0.240. The van der Waals surface area contributed by atoms with Crippen molar-refractivity contribution in [3.8, 4) is 0 Å². The standard InChI is InChI=1S/C3H10N3O3P/c1-2-5-3(4)6-10(7,8)9/h2H2,1H3,(H5,4,5,6,7,8,9). The monoisotopic (exact) mass is 167 g/mol. The van der Waals surface area contributed by atoms with Crippen molar-refractivity contribution in [2.75, 3.05) is 6.54 Å². The van der Waals surface area contributed by atoms with Crippen molar-refractivity contribution in [1.29, 1.82) is 0 Å². The van der Waals surface area contributed by atoms with Crippen LogP contribution in [0.25, 0.3) is 0 Å². The number of hydrogen-bond acceptors (Lipinski definition) is 2. The largest absolute Gasteiger partial charge is 0.429 e. The summed E-state index contributed by atoms with van der Waals surface area (Å²) in [5.41, 5.74) is 5.02. The van der Waals surface area contributed by atoms with Crippen molar-refractivity contribution >= 4 is 13.7 Å². The second kappa shape index (κ2) is 3.55. The van der Waals surface area contributed by atoms with Crippen LogP contribution in [0, 0.1) is 0 Å². The van der Waals surface area contributed by atoms with Gasteiger partial charge in [0.2, 0.25) is 0 Å². The first-order chi connectivity index (χ1) is 4.45. The molecule has 6 nitrogen and oxygen atoms in total. The van der Waals surface area contributed by atoms with Crippen molar-refractivity contribution in [1.82, 2.24) is 5.09 Å². The van der Waals surface area contributed by atoms with Gasteiger partial charge in [0.05, 0.1) is 0 Å². The first-order valence-electron chi connectivity index (χ1n) is 2.59. The predicted octanol–water partition coefficient (Wildman–Crippen LogP) is -0.997. The molecule has 0 aliphatic rings. The van der Waals surface area contributed by atoms with E-state index >= 15 is 0 Å². The van der Waals surface area contributed by atoms with Crippen LogP contribution in [0.3, 0.4) is 0 Å². The zero-order valence-corrected chi connectivity index (χ0v) is 6.38. The van der Waals surface area contributed by atoms with Crippen molar-refractivity contribution in [3.05, 3.63) is 0 Å². The van der Waals surface area contributed by atoms with Crippen LogP contribution in [0.2, 0.25) is 0 Å². The summed E-state index contributed by atoms with van der Waals surface area (Å²) in [6.07, 6.45) is 0. The van der Waals surface area contributed by atoms with Gasteiger partial charge in [0.1, 0.15) is 0 Å². The second-order valence-corrected chi connectivity index (χ2v) is 2.83. The Morgan fingerprint density at radius 2 is 2.30 bits per heavy atom. The van der Waals surface area contributed by atoms with Gasteiger partial charge in [0.25, 0.3) is 0 Å². The summed E-state index contributed by atoms with van der Waals surface area (Å²) in [5, 5.41) is 1.71. The average Bonchev–Trinajstić information content (AvgIpc) is 1.59. The van der Waals surface area contributed by atoms with E-state index in [2.05, 4.69) is 4.99 Å². The fourth-order valence-corrected chi connectivity index (χ4v) is 0.724. The molecule has 0 rings (SSSR count). The molecule has 0 amide bonds. The Hall–Kier alpha value is -0.580. The highest BCUT2D eigenvalue weighted by molar-refractivity contribution is 7.50. The smallest absolute Gasteiger partial charge is 0.370 e. The maximum atomic E-state index is 10.1. The van der Waals surface area contributed by atoms with Crippen molar-refractivity contribution in [2.45, 2.75) is 6.92 Å². The van der Waals surface area contributed by atoms with E-state index in [9.17, 15) is 4.57 Å². The van der Waals surface area contributed by atoms with E-state index in [0.717, 1.165) is 0 Å². The highest BCUT2D eigenvalue weighted by atomic mass is 31.2. The van der Waals surface area contributed by atoms with E-state index in [0.29, 0.717) is 6.54 Å². The van der Waals surface area contributed by atoms with Crippen LogP contribution in [0.15, 0.2) is 4.99 Å².